The summed E-state index contributed by atoms with van der Waals surface area (Å²) in [5.74, 6) is 6.52. The molecule has 0 amide bonds. The summed E-state index contributed by atoms with van der Waals surface area (Å²) in [7, 11) is 0. The van der Waals surface area contributed by atoms with Crippen molar-refractivity contribution in [2.75, 3.05) is 6.61 Å². The SMILES string of the molecule is NNC(CCOc1ccccc1)Cc1ccc(I)cc1. The molecule has 0 aliphatic carbocycles. The summed E-state index contributed by atoms with van der Waals surface area (Å²) < 4.78 is 6.94. The quantitative estimate of drug-likeness (QED) is 0.440. The third-order valence-corrected chi connectivity index (χ3v) is 3.83. The summed E-state index contributed by atoms with van der Waals surface area (Å²) in [5, 5.41) is 0. The van der Waals surface area contributed by atoms with E-state index in [1.54, 1.807) is 0 Å². The van der Waals surface area contributed by atoms with Crippen LogP contribution in [-0.4, -0.2) is 12.6 Å². The van der Waals surface area contributed by atoms with Gasteiger partial charge < -0.3 is 4.74 Å². The number of nitrogens with two attached hydrogens (primary N) is 1. The van der Waals surface area contributed by atoms with Crippen LogP contribution in [0.3, 0.4) is 0 Å². The number of benzene rings is 2. The molecule has 3 N–H and O–H groups in total. The lowest BCUT2D eigenvalue weighted by molar-refractivity contribution is 0.285. The number of hydrazine groups is 1. The highest BCUT2D eigenvalue weighted by molar-refractivity contribution is 14.1. The molecule has 0 fully saturated rings. The molecule has 3 nitrogen and oxygen atoms in total. The molecule has 0 aromatic heterocycles. The van der Waals surface area contributed by atoms with Crippen LogP contribution in [0.25, 0.3) is 0 Å². The highest BCUT2D eigenvalue weighted by Crippen LogP contribution is 2.12. The molecule has 2 rings (SSSR count). The van der Waals surface area contributed by atoms with Gasteiger partial charge in [0.15, 0.2) is 0 Å². The number of halogens is 1. The van der Waals surface area contributed by atoms with E-state index in [-0.39, 0.29) is 6.04 Å². The Hall–Kier alpha value is -1.11. The van der Waals surface area contributed by atoms with Crippen LogP contribution >= 0.6 is 22.6 Å². The van der Waals surface area contributed by atoms with E-state index in [9.17, 15) is 0 Å². The van der Waals surface area contributed by atoms with Gasteiger partial charge in [-0.1, -0.05) is 30.3 Å². The third-order valence-electron chi connectivity index (χ3n) is 3.11. The molecule has 2 aromatic rings. The van der Waals surface area contributed by atoms with E-state index >= 15 is 0 Å². The van der Waals surface area contributed by atoms with Gasteiger partial charge in [0.2, 0.25) is 0 Å². The van der Waals surface area contributed by atoms with Crippen molar-refractivity contribution in [3.05, 3.63) is 63.7 Å². The van der Waals surface area contributed by atoms with Gasteiger partial charge in [-0.3, -0.25) is 11.3 Å². The average Bonchev–Trinajstić information content (AvgIpc) is 2.49. The molecule has 0 aliphatic rings. The predicted molar refractivity (Wildman–Crippen MR) is 90.5 cm³/mol. The zero-order chi connectivity index (χ0) is 14.2. The number of nitrogens with one attached hydrogen (secondary N) is 1. The van der Waals surface area contributed by atoms with Crippen LogP contribution in [0.5, 0.6) is 5.75 Å². The van der Waals surface area contributed by atoms with Gasteiger partial charge in [0.05, 0.1) is 6.61 Å². The first-order valence-electron chi connectivity index (χ1n) is 6.66. The molecule has 0 heterocycles. The molecular formula is C16H19IN2O. The molecule has 0 radical (unpaired) electrons. The van der Waals surface area contributed by atoms with E-state index in [4.69, 9.17) is 10.6 Å². The standard InChI is InChI=1S/C16H19IN2O/c17-14-8-6-13(7-9-14)12-15(19-18)10-11-20-16-4-2-1-3-5-16/h1-9,15,19H,10-12,18H2. The lowest BCUT2D eigenvalue weighted by Crippen LogP contribution is -2.37. The number of para-hydroxylation sites is 1. The largest absolute Gasteiger partial charge is 0.494 e. The molecule has 1 unspecified atom stereocenters. The molecule has 106 valence electrons. The minimum absolute atomic E-state index is 0.221. The van der Waals surface area contributed by atoms with Crippen LogP contribution in [0.4, 0.5) is 0 Å². The first kappa shape index (κ1) is 15.3. The van der Waals surface area contributed by atoms with Crippen LogP contribution in [0.2, 0.25) is 0 Å². The van der Waals surface area contributed by atoms with Crippen LogP contribution < -0.4 is 16.0 Å². The molecule has 0 aliphatic heterocycles. The van der Waals surface area contributed by atoms with Crippen molar-refractivity contribution in [2.45, 2.75) is 18.9 Å². The molecule has 0 spiro atoms. The summed E-state index contributed by atoms with van der Waals surface area (Å²) in [6.07, 6.45) is 1.78. The van der Waals surface area contributed by atoms with Crippen LogP contribution in [0, 0.1) is 3.57 Å². The Morgan fingerprint density at radius 3 is 2.40 bits per heavy atom. The van der Waals surface area contributed by atoms with Crippen molar-refractivity contribution in [3.8, 4) is 5.75 Å². The molecule has 20 heavy (non-hydrogen) atoms. The monoisotopic (exact) mass is 382 g/mol. The van der Waals surface area contributed by atoms with Gasteiger partial charge in [-0.25, -0.2) is 0 Å². The van der Waals surface area contributed by atoms with Gasteiger partial charge in [-0.2, -0.15) is 0 Å². The zero-order valence-electron chi connectivity index (χ0n) is 11.3. The molecule has 0 saturated heterocycles. The van der Waals surface area contributed by atoms with Crippen molar-refractivity contribution < 1.29 is 4.74 Å². The minimum atomic E-state index is 0.221. The van der Waals surface area contributed by atoms with E-state index in [2.05, 4.69) is 52.3 Å². The second-order valence-corrected chi connectivity index (χ2v) is 5.89. The van der Waals surface area contributed by atoms with Crippen LogP contribution in [0.1, 0.15) is 12.0 Å². The van der Waals surface area contributed by atoms with E-state index in [1.165, 1.54) is 9.13 Å². The topological polar surface area (TPSA) is 47.3 Å². The molecular weight excluding hydrogens is 363 g/mol. The summed E-state index contributed by atoms with van der Waals surface area (Å²) in [4.78, 5) is 0. The Morgan fingerprint density at radius 2 is 1.75 bits per heavy atom. The number of hydrogen-bond acceptors (Lipinski definition) is 3. The van der Waals surface area contributed by atoms with Gasteiger partial charge in [0, 0.05) is 9.61 Å². The van der Waals surface area contributed by atoms with E-state index in [0.717, 1.165) is 18.6 Å². The fourth-order valence-corrected chi connectivity index (χ4v) is 2.34. The van der Waals surface area contributed by atoms with Crippen molar-refractivity contribution in [1.29, 1.82) is 0 Å². The fraction of sp³-hybridized carbons (Fsp3) is 0.250. The summed E-state index contributed by atoms with van der Waals surface area (Å²) >= 11 is 2.31. The van der Waals surface area contributed by atoms with Gasteiger partial charge in [-0.15, -0.1) is 0 Å². The third kappa shape index (κ3) is 5.11. The van der Waals surface area contributed by atoms with Crippen molar-refractivity contribution in [3.63, 3.8) is 0 Å². The number of ether oxygens (including phenoxy) is 1. The molecule has 0 bridgehead atoms. The Kier molecular flexibility index (Phi) is 6.29. The van der Waals surface area contributed by atoms with Crippen molar-refractivity contribution in [2.24, 2.45) is 5.84 Å². The highest BCUT2D eigenvalue weighted by atomic mass is 127. The molecule has 2 aromatic carbocycles. The minimum Gasteiger partial charge on any atom is -0.494 e. The Balaban J connectivity index is 1.79. The summed E-state index contributed by atoms with van der Waals surface area (Å²) in [6.45, 7) is 0.656. The molecule has 0 saturated carbocycles. The van der Waals surface area contributed by atoms with Crippen molar-refractivity contribution in [1.82, 2.24) is 5.43 Å². The van der Waals surface area contributed by atoms with E-state index in [0.29, 0.717) is 6.61 Å². The first-order chi connectivity index (χ1) is 9.78. The van der Waals surface area contributed by atoms with E-state index < -0.39 is 0 Å². The number of rotatable bonds is 7. The van der Waals surface area contributed by atoms with Gasteiger partial charge in [-0.05, 0) is 65.3 Å². The number of hydrogen-bond donors (Lipinski definition) is 2. The van der Waals surface area contributed by atoms with Gasteiger partial charge >= 0.3 is 0 Å². The Labute approximate surface area is 133 Å². The van der Waals surface area contributed by atoms with Crippen LogP contribution in [-0.2, 0) is 6.42 Å². The second-order valence-electron chi connectivity index (χ2n) is 4.64. The van der Waals surface area contributed by atoms with E-state index in [1.807, 2.05) is 30.3 Å². The maximum Gasteiger partial charge on any atom is 0.119 e. The van der Waals surface area contributed by atoms with Gasteiger partial charge in [0.1, 0.15) is 5.75 Å². The maximum absolute atomic E-state index is 5.70. The first-order valence-corrected chi connectivity index (χ1v) is 7.74. The predicted octanol–water partition coefficient (Wildman–Crippen LogP) is 3.13. The van der Waals surface area contributed by atoms with Gasteiger partial charge in [0.25, 0.3) is 0 Å². The van der Waals surface area contributed by atoms with Crippen molar-refractivity contribution >= 4 is 22.6 Å². The average molecular weight is 382 g/mol. The smallest absolute Gasteiger partial charge is 0.119 e. The highest BCUT2D eigenvalue weighted by Gasteiger charge is 2.08. The zero-order valence-corrected chi connectivity index (χ0v) is 13.4. The maximum atomic E-state index is 5.70. The van der Waals surface area contributed by atoms with Crippen LogP contribution in [0.15, 0.2) is 54.6 Å². The molecule has 1 atom stereocenters. The summed E-state index contributed by atoms with van der Waals surface area (Å²) in [5.41, 5.74) is 4.15. The lowest BCUT2D eigenvalue weighted by atomic mass is 10.0. The molecule has 4 heteroatoms. The normalized spacial score (nSPS) is 12.1. The lowest BCUT2D eigenvalue weighted by Gasteiger charge is -2.16. The second kappa shape index (κ2) is 8.24. The summed E-state index contributed by atoms with van der Waals surface area (Å²) in [6, 6.07) is 18.6. The fourth-order valence-electron chi connectivity index (χ4n) is 1.99. The Bertz CT molecular complexity index is 502. The Morgan fingerprint density at radius 1 is 1.05 bits per heavy atom.